The molecule has 0 heterocycles. The molecule has 2 rings (SSSR count). The van der Waals surface area contributed by atoms with Crippen LogP contribution in [-0.4, -0.2) is 26.4 Å². The Kier molecular flexibility index (Phi) is 7.60. The van der Waals surface area contributed by atoms with Crippen molar-refractivity contribution in [3.8, 4) is 0 Å². The highest BCUT2D eigenvalue weighted by atomic mass is 35.5. The van der Waals surface area contributed by atoms with Gasteiger partial charge in [0.05, 0.1) is 4.90 Å². The van der Waals surface area contributed by atoms with Gasteiger partial charge in [-0.05, 0) is 64.1 Å². The SMILES string of the molecule is CC(C)NS(=O)(=O)c1ccc(NC(=O)[C@@H](C)[NH2+][C@H](C)c2ccc(Cl)cc2)cc1. The van der Waals surface area contributed by atoms with Gasteiger partial charge >= 0.3 is 0 Å². The zero-order valence-electron chi connectivity index (χ0n) is 16.4. The molecule has 0 aromatic heterocycles. The number of nitrogens with two attached hydrogens (primary N) is 1. The summed E-state index contributed by atoms with van der Waals surface area (Å²) in [6.07, 6.45) is 0. The lowest BCUT2D eigenvalue weighted by molar-refractivity contribution is -0.709. The normalized spacial score (nSPS) is 13.9. The van der Waals surface area contributed by atoms with Gasteiger partial charge in [-0.3, -0.25) is 4.79 Å². The van der Waals surface area contributed by atoms with Crippen LogP contribution in [0.5, 0.6) is 0 Å². The molecule has 8 heteroatoms. The van der Waals surface area contributed by atoms with Gasteiger partial charge in [-0.15, -0.1) is 0 Å². The molecule has 6 nitrogen and oxygen atoms in total. The monoisotopic (exact) mass is 424 g/mol. The molecule has 4 N–H and O–H groups in total. The van der Waals surface area contributed by atoms with Crippen molar-refractivity contribution in [2.75, 3.05) is 5.32 Å². The summed E-state index contributed by atoms with van der Waals surface area (Å²) in [5.41, 5.74) is 1.63. The number of anilines is 1. The van der Waals surface area contributed by atoms with E-state index in [9.17, 15) is 13.2 Å². The zero-order valence-corrected chi connectivity index (χ0v) is 18.0. The predicted molar refractivity (Wildman–Crippen MR) is 112 cm³/mol. The molecule has 0 aliphatic carbocycles. The van der Waals surface area contributed by atoms with Gasteiger partial charge in [-0.1, -0.05) is 23.7 Å². The Morgan fingerprint density at radius 2 is 1.54 bits per heavy atom. The highest BCUT2D eigenvalue weighted by Gasteiger charge is 2.21. The number of carbonyl (C=O) groups is 1. The van der Waals surface area contributed by atoms with E-state index in [-0.39, 0.29) is 28.9 Å². The van der Waals surface area contributed by atoms with Crippen molar-refractivity contribution in [2.45, 2.75) is 50.7 Å². The summed E-state index contributed by atoms with van der Waals surface area (Å²) in [5, 5.41) is 5.46. The van der Waals surface area contributed by atoms with Crippen LogP contribution in [0.2, 0.25) is 5.02 Å². The number of carbonyl (C=O) groups excluding carboxylic acids is 1. The summed E-state index contributed by atoms with van der Waals surface area (Å²) in [7, 11) is -3.55. The van der Waals surface area contributed by atoms with Gasteiger partial charge in [-0.2, -0.15) is 0 Å². The average Bonchev–Trinajstić information content (AvgIpc) is 2.61. The molecule has 0 bridgehead atoms. The van der Waals surface area contributed by atoms with Crippen LogP contribution < -0.4 is 15.4 Å². The van der Waals surface area contributed by atoms with E-state index in [4.69, 9.17) is 11.6 Å². The molecule has 152 valence electrons. The van der Waals surface area contributed by atoms with E-state index in [0.717, 1.165) is 5.56 Å². The molecule has 2 aromatic carbocycles. The van der Waals surface area contributed by atoms with Gasteiger partial charge in [0.25, 0.3) is 5.91 Å². The standard InChI is InChI=1S/C20H26ClN3O3S/c1-13(2)24-28(26,27)19-11-9-18(10-12-19)23-20(25)15(4)22-14(3)16-5-7-17(21)8-6-16/h5-15,22,24H,1-4H3,(H,23,25)/p+1/t14-,15-/m1/s1. The molecule has 28 heavy (non-hydrogen) atoms. The molecule has 0 radical (unpaired) electrons. The lowest BCUT2D eigenvalue weighted by atomic mass is 10.1. The second-order valence-electron chi connectivity index (χ2n) is 7.11. The quantitative estimate of drug-likeness (QED) is 0.608. The third-order valence-electron chi connectivity index (χ3n) is 4.21. The van der Waals surface area contributed by atoms with Crippen molar-refractivity contribution < 1.29 is 18.5 Å². The lowest BCUT2D eigenvalue weighted by Gasteiger charge is -2.17. The predicted octanol–water partition coefficient (Wildman–Crippen LogP) is 2.68. The number of benzene rings is 2. The molecular formula is C20H27ClN3O3S+. The Morgan fingerprint density at radius 1 is 0.964 bits per heavy atom. The number of nitrogens with one attached hydrogen (secondary N) is 2. The van der Waals surface area contributed by atoms with Crippen LogP contribution in [0.3, 0.4) is 0 Å². The first-order chi connectivity index (χ1) is 13.1. The molecule has 0 fully saturated rings. The van der Waals surface area contributed by atoms with Crippen molar-refractivity contribution in [1.82, 2.24) is 4.72 Å². The van der Waals surface area contributed by atoms with Gasteiger partial charge in [0, 0.05) is 22.3 Å². The van der Waals surface area contributed by atoms with Crippen LogP contribution in [-0.2, 0) is 14.8 Å². The number of halogens is 1. The fourth-order valence-corrected chi connectivity index (χ4v) is 4.13. The fourth-order valence-electron chi connectivity index (χ4n) is 2.75. The summed E-state index contributed by atoms with van der Waals surface area (Å²) in [6, 6.07) is 13.2. The summed E-state index contributed by atoms with van der Waals surface area (Å²) >= 11 is 5.91. The first-order valence-electron chi connectivity index (χ1n) is 9.12. The Balaban J connectivity index is 1.97. The number of quaternary nitrogens is 1. The van der Waals surface area contributed by atoms with E-state index in [1.165, 1.54) is 12.1 Å². The van der Waals surface area contributed by atoms with Crippen LogP contribution in [0.4, 0.5) is 5.69 Å². The molecular weight excluding hydrogens is 398 g/mol. The van der Waals surface area contributed by atoms with Gasteiger partial charge < -0.3 is 10.6 Å². The highest BCUT2D eigenvalue weighted by molar-refractivity contribution is 7.89. The molecule has 0 spiro atoms. The van der Waals surface area contributed by atoms with E-state index in [1.54, 1.807) is 26.0 Å². The molecule has 0 unspecified atom stereocenters. The molecule has 2 aromatic rings. The number of rotatable bonds is 8. The van der Waals surface area contributed by atoms with Gasteiger partial charge in [0.1, 0.15) is 6.04 Å². The van der Waals surface area contributed by atoms with Gasteiger partial charge in [0.15, 0.2) is 6.04 Å². The van der Waals surface area contributed by atoms with Gasteiger partial charge in [-0.25, -0.2) is 13.1 Å². The highest BCUT2D eigenvalue weighted by Crippen LogP contribution is 2.15. The third-order valence-corrected chi connectivity index (χ3v) is 6.14. The zero-order chi connectivity index (χ0) is 20.9. The Bertz CT molecular complexity index is 897. The lowest BCUT2D eigenvalue weighted by Crippen LogP contribution is -2.91. The largest absolute Gasteiger partial charge is 0.330 e. The van der Waals surface area contributed by atoms with Crippen LogP contribution in [0.15, 0.2) is 53.4 Å². The van der Waals surface area contributed by atoms with Crippen LogP contribution >= 0.6 is 11.6 Å². The topological polar surface area (TPSA) is 91.9 Å². The third kappa shape index (κ3) is 6.31. The molecule has 0 aliphatic rings. The van der Waals surface area contributed by atoms with Crippen molar-refractivity contribution in [2.24, 2.45) is 0 Å². The van der Waals surface area contributed by atoms with E-state index in [0.29, 0.717) is 10.7 Å². The van der Waals surface area contributed by atoms with Gasteiger partial charge in [0.2, 0.25) is 10.0 Å². The minimum Gasteiger partial charge on any atom is -0.330 e. The second-order valence-corrected chi connectivity index (χ2v) is 9.26. The first-order valence-corrected chi connectivity index (χ1v) is 11.0. The van der Waals surface area contributed by atoms with E-state index in [2.05, 4.69) is 10.0 Å². The molecule has 1 amide bonds. The molecule has 2 atom stereocenters. The van der Waals surface area contributed by atoms with E-state index < -0.39 is 10.0 Å². The summed E-state index contributed by atoms with van der Waals surface area (Å²) in [5.74, 6) is -0.156. The van der Waals surface area contributed by atoms with Crippen LogP contribution in [0.1, 0.15) is 39.3 Å². The summed E-state index contributed by atoms with van der Waals surface area (Å²) in [4.78, 5) is 12.6. The summed E-state index contributed by atoms with van der Waals surface area (Å²) in [6.45, 7) is 7.37. The maximum absolute atomic E-state index is 12.5. The van der Waals surface area contributed by atoms with Crippen LogP contribution in [0.25, 0.3) is 0 Å². The minimum atomic E-state index is -3.55. The second kappa shape index (κ2) is 9.52. The Hall–Kier alpha value is -1.93. The number of hydrogen-bond acceptors (Lipinski definition) is 3. The molecule has 0 saturated carbocycles. The molecule has 0 saturated heterocycles. The van der Waals surface area contributed by atoms with Crippen molar-refractivity contribution in [3.63, 3.8) is 0 Å². The number of hydrogen-bond donors (Lipinski definition) is 3. The van der Waals surface area contributed by atoms with E-state index in [1.807, 2.05) is 43.4 Å². The number of amides is 1. The van der Waals surface area contributed by atoms with E-state index >= 15 is 0 Å². The smallest absolute Gasteiger partial charge is 0.282 e. The Labute approximate surface area is 171 Å². The number of sulfonamides is 1. The molecule has 0 aliphatic heterocycles. The van der Waals surface area contributed by atoms with Crippen molar-refractivity contribution in [1.29, 1.82) is 0 Å². The van der Waals surface area contributed by atoms with Crippen LogP contribution in [0, 0.1) is 0 Å². The van der Waals surface area contributed by atoms with Crippen molar-refractivity contribution >= 4 is 33.2 Å². The first kappa shape index (κ1) is 22.4. The Morgan fingerprint density at radius 3 is 2.07 bits per heavy atom. The maximum Gasteiger partial charge on any atom is 0.282 e. The summed E-state index contributed by atoms with van der Waals surface area (Å²) < 4.78 is 26.8. The fraction of sp³-hybridized carbons (Fsp3) is 0.350. The maximum atomic E-state index is 12.5. The minimum absolute atomic E-state index is 0.0904. The van der Waals surface area contributed by atoms with Crippen molar-refractivity contribution in [3.05, 3.63) is 59.1 Å². The average molecular weight is 425 g/mol.